The van der Waals surface area contributed by atoms with Crippen molar-refractivity contribution in [2.75, 3.05) is 25.4 Å². The third-order valence-electron chi connectivity index (χ3n) is 3.27. The molecule has 4 nitrogen and oxygen atoms in total. The molecule has 18 heavy (non-hydrogen) atoms. The van der Waals surface area contributed by atoms with E-state index in [4.69, 9.17) is 10.5 Å². The second-order valence-corrected chi connectivity index (χ2v) is 4.60. The monoisotopic (exact) mass is 248 g/mol. The lowest BCUT2D eigenvalue weighted by molar-refractivity contribution is 0.0539. The smallest absolute Gasteiger partial charge is 0.253 e. The first-order chi connectivity index (χ1) is 8.70. The Bertz CT molecular complexity index is 397. The standard InChI is InChI=1S/C14H20N2O2/c1-2-16(10-13-4-3-9-18-13)14(17)11-5-7-12(15)8-6-11/h5-8,13H,2-4,9-10,15H2,1H3/t13-/m1/s1. The van der Waals surface area contributed by atoms with Gasteiger partial charge in [0.25, 0.3) is 5.91 Å². The number of ether oxygens (including phenoxy) is 1. The second-order valence-electron chi connectivity index (χ2n) is 4.60. The largest absolute Gasteiger partial charge is 0.399 e. The van der Waals surface area contributed by atoms with Crippen LogP contribution in [0.5, 0.6) is 0 Å². The van der Waals surface area contributed by atoms with Gasteiger partial charge in [-0.1, -0.05) is 0 Å². The van der Waals surface area contributed by atoms with E-state index in [-0.39, 0.29) is 12.0 Å². The Kier molecular flexibility index (Phi) is 4.20. The molecule has 1 aliphatic rings. The fraction of sp³-hybridized carbons (Fsp3) is 0.500. The maximum absolute atomic E-state index is 12.3. The highest BCUT2D eigenvalue weighted by atomic mass is 16.5. The Morgan fingerprint density at radius 1 is 1.44 bits per heavy atom. The average Bonchev–Trinajstić information content (AvgIpc) is 2.89. The molecule has 1 aromatic rings. The Hall–Kier alpha value is -1.55. The Morgan fingerprint density at radius 3 is 2.72 bits per heavy atom. The van der Waals surface area contributed by atoms with Crippen LogP contribution in [0.1, 0.15) is 30.1 Å². The second kappa shape index (κ2) is 5.87. The van der Waals surface area contributed by atoms with Crippen molar-refractivity contribution < 1.29 is 9.53 Å². The number of likely N-dealkylation sites (N-methyl/N-ethyl adjacent to an activating group) is 1. The molecule has 0 radical (unpaired) electrons. The van der Waals surface area contributed by atoms with Crippen molar-refractivity contribution in [3.8, 4) is 0 Å². The van der Waals surface area contributed by atoms with Gasteiger partial charge in [-0.05, 0) is 44.0 Å². The Labute approximate surface area is 108 Å². The van der Waals surface area contributed by atoms with E-state index >= 15 is 0 Å². The molecule has 1 fully saturated rings. The number of nitrogens with two attached hydrogens (primary N) is 1. The fourth-order valence-corrected chi connectivity index (χ4v) is 2.20. The first kappa shape index (κ1) is 12.9. The zero-order valence-electron chi connectivity index (χ0n) is 10.8. The van der Waals surface area contributed by atoms with Crippen LogP contribution < -0.4 is 5.73 Å². The summed E-state index contributed by atoms with van der Waals surface area (Å²) in [5.74, 6) is 0.0491. The molecule has 2 rings (SSSR count). The minimum Gasteiger partial charge on any atom is -0.399 e. The predicted molar refractivity (Wildman–Crippen MR) is 71.4 cm³/mol. The zero-order valence-corrected chi connectivity index (χ0v) is 10.8. The molecule has 0 aromatic heterocycles. The van der Waals surface area contributed by atoms with Gasteiger partial charge >= 0.3 is 0 Å². The van der Waals surface area contributed by atoms with Gasteiger partial charge in [0.15, 0.2) is 0 Å². The highest BCUT2D eigenvalue weighted by Crippen LogP contribution is 2.15. The van der Waals surface area contributed by atoms with E-state index < -0.39 is 0 Å². The highest BCUT2D eigenvalue weighted by molar-refractivity contribution is 5.94. The number of hydrogen-bond donors (Lipinski definition) is 1. The summed E-state index contributed by atoms with van der Waals surface area (Å²) in [4.78, 5) is 14.1. The SMILES string of the molecule is CCN(C[C@H]1CCCO1)C(=O)c1ccc(N)cc1. The molecule has 0 bridgehead atoms. The van der Waals surface area contributed by atoms with Crippen LogP contribution in [0, 0.1) is 0 Å². The molecule has 1 atom stereocenters. The van der Waals surface area contributed by atoms with Crippen LogP contribution >= 0.6 is 0 Å². The third kappa shape index (κ3) is 3.01. The van der Waals surface area contributed by atoms with Gasteiger partial charge in [0.05, 0.1) is 6.10 Å². The number of anilines is 1. The quantitative estimate of drug-likeness (QED) is 0.828. The number of rotatable bonds is 4. The molecule has 98 valence electrons. The summed E-state index contributed by atoms with van der Waals surface area (Å²) >= 11 is 0. The van der Waals surface area contributed by atoms with E-state index in [9.17, 15) is 4.79 Å². The normalized spacial score (nSPS) is 18.8. The first-order valence-electron chi connectivity index (χ1n) is 6.47. The van der Waals surface area contributed by atoms with E-state index in [1.54, 1.807) is 24.3 Å². The van der Waals surface area contributed by atoms with E-state index in [0.29, 0.717) is 24.3 Å². The zero-order chi connectivity index (χ0) is 13.0. The molecular formula is C14H20N2O2. The van der Waals surface area contributed by atoms with Crippen LogP contribution in [0.4, 0.5) is 5.69 Å². The molecule has 1 amide bonds. The summed E-state index contributed by atoms with van der Waals surface area (Å²) in [6, 6.07) is 7.06. The maximum Gasteiger partial charge on any atom is 0.253 e. The summed E-state index contributed by atoms with van der Waals surface area (Å²) in [5.41, 5.74) is 6.98. The van der Waals surface area contributed by atoms with Gasteiger partial charge in [-0.15, -0.1) is 0 Å². The van der Waals surface area contributed by atoms with Crippen LogP contribution in [0.2, 0.25) is 0 Å². The van der Waals surface area contributed by atoms with Crippen molar-refractivity contribution in [2.24, 2.45) is 0 Å². The molecule has 1 saturated heterocycles. The maximum atomic E-state index is 12.3. The lowest BCUT2D eigenvalue weighted by Crippen LogP contribution is -2.37. The van der Waals surface area contributed by atoms with Crippen LogP contribution in [-0.4, -0.2) is 36.6 Å². The van der Waals surface area contributed by atoms with Crippen LogP contribution in [0.25, 0.3) is 0 Å². The number of hydrogen-bond acceptors (Lipinski definition) is 3. The summed E-state index contributed by atoms with van der Waals surface area (Å²) in [5, 5.41) is 0. The van der Waals surface area contributed by atoms with E-state index in [2.05, 4.69) is 0 Å². The van der Waals surface area contributed by atoms with Crippen LogP contribution in [0.15, 0.2) is 24.3 Å². The number of benzene rings is 1. The lowest BCUT2D eigenvalue weighted by Gasteiger charge is -2.24. The molecule has 0 spiro atoms. The predicted octanol–water partition coefficient (Wildman–Crippen LogP) is 1.91. The van der Waals surface area contributed by atoms with Crippen molar-refractivity contribution in [1.29, 1.82) is 0 Å². The number of carbonyl (C=O) groups excluding carboxylic acids is 1. The molecule has 4 heteroatoms. The van der Waals surface area contributed by atoms with Gasteiger partial charge in [0.1, 0.15) is 0 Å². The fourth-order valence-electron chi connectivity index (χ4n) is 2.20. The van der Waals surface area contributed by atoms with Gasteiger partial charge in [0.2, 0.25) is 0 Å². The topological polar surface area (TPSA) is 55.6 Å². The molecule has 1 aromatic carbocycles. The average molecular weight is 248 g/mol. The molecular weight excluding hydrogens is 228 g/mol. The molecule has 1 aliphatic heterocycles. The Morgan fingerprint density at radius 2 is 2.17 bits per heavy atom. The van der Waals surface area contributed by atoms with Crippen LogP contribution in [-0.2, 0) is 4.74 Å². The summed E-state index contributed by atoms with van der Waals surface area (Å²) in [6.45, 7) is 4.19. The summed E-state index contributed by atoms with van der Waals surface area (Å²) < 4.78 is 5.58. The summed E-state index contributed by atoms with van der Waals surface area (Å²) in [7, 11) is 0. The van der Waals surface area contributed by atoms with Crippen LogP contribution in [0.3, 0.4) is 0 Å². The third-order valence-corrected chi connectivity index (χ3v) is 3.27. The highest BCUT2D eigenvalue weighted by Gasteiger charge is 2.22. The van der Waals surface area contributed by atoms with Gasteiger partial charge in [0, 0.05) is 30.9 Å². The van der Waals surface area contributed by atoms with Crippen molar-refractivity contribution in [1.82, 2.24) is 4.90 Å². The van der Waals surface area contributed by atoms with Gasteiger partial charge in [-0.3, -0.25) is 4.79 Å². The number of nitrogen functional groups attached to an aromatic ring is 1. The summed E-state index contributed by atoms with van der Waals surface area (Å²) in [6.07, 6.45) is 2.34. The van der Waals surface area contributed by atoms with E-state index in [1.807, 2.05) is 11.8 Å². The molecule has 0 aliphatic carbocycles. The minimum atomic E-state index is 0.0491. The van der Waals surface area contributed by atoms with Gasteiger partial charge < -0.3 is 15.4 Å². The Balaban J connectivity index is 2.02. The molecule has 0 saturated carbocycles. The van der Waals surface area contributed by atoms with Crippen molar-refractivity contribution in [2.45, 2.75) is 25.9 Å². The van der Waals surface area contributed by atoms with Crippen molar-refractivity contribution in [3.63, 3.8) is 0 Å². The van der Waals surface area contributed by atoms with Gasteiger partial charge in [-0.2, -0.15) is 0 Å². The van der Waals surface area contributed by atoms with Crippen molar-refractivity contribution >= 4 is 11.6 Å². The number of amides is 1. The minimum absolute atomic E-state index is 0.0491. The molecule has 1 heterocycles. The van der Waals surface area contributed by atoms with Gasteiger partial charge in [-0.25, -0.2) is 0 Å². The molecule has 2 N–H and O–H groups in total. The number of nitrogens with zero attached hydrogens (tertiary/aromatic N) is 1. The van der Waals surface area contributed by atoms with E-state index in [0.717, 1.165) is 19.4 Å². The first-order valence-corrected chi connectivity index (χ1v) is 6.47. The number of carbonyl (C=O) groups is 1. The van der Waals surface area contributed by atoms with Crippen molar-refractivity contribution in [3.05, 3.63) is 29.8 Å². The lowest BCUT2D eigenvalue weighted by atomic mass is 10.1. The molecule has 0 unspecified atom stereocenters. The van der Waals surface area contributed by atoms with E-state index in [1.165, 1.54) is 0 Å².